The maximum absolute atomic E-state index is 13.3. The molecule has 2 aliphatic rings. The van der Waals surface area contributed by atoms with E-state index in [1.807, 2.05) is 61.2 Å². The summed E-state index contributed by atoms with van der Waals surface area (Å²) in [5.41, 5.74) is 7.58. The molecule has 0 unspecified atom stereocenters. The van der Waals surface area contributed by atoms with Crippen molar-refractivity contribution in [1.82, 2.24) is 9.80 Å². The summed E-state index contributed by atoms with van der Waals surface area (Å²) in [6, 6.07) is 18.8. The Bertz CT molecular complexity index is 993. The second-order valence-electron chi connectivity index (χ2n) is 10.5. The van der Waals surface area contributed by atoms with Crippen LogP contribution in [-0.2, 0) is 11.3 Å². The molecule has 6 nitrogen and oxygen atoms in total. The predicted octanol–water partition coefficient (Wildman–Crippen LogP) is 3.54. The normalized spacial score (nSPS) is 22.5. The van der Waals surface area contributed by atoms with Crippen LogP contribution in [0.2, 0.25) is 0 Å². The van der Waals surface area contributed by atoms with E-state index in [1.54, 1.807) is 6.07 Å². The average molecular weight is 464 g/mol. The summed E-state index contributed by atoms with van der Waals surface area (Å²) in [7, 11) is 0. The van der Waals surface area contributed by atoms with Gasteiger partial charge in [-0.25, -0.2) is 0 Å². The van der Waals surface area contributed by atoms with Gasteiger partial charge in [-0.1, -0.05) is 42.5 Å². The fraction of sp³-hybridized carbons (Fsp3) is 0.500. The van der Waals surface area contributed by atoms with Crippen molar-refractivity contribution in [1.29, 1.82) is 0 Å². The van der Waals surface area contributed by atoms with Crippen LogP contribution in [0, 0.1) is 5.41 Å². The van der Waals surface area contributed by atoms with Crippen molar-refractivity contribution in [3.05, 3.63) is 71.3 Å². The van der Waals surface area contributed by atoms with Crippen molar-refractivity contribution < 1.29 is 14.7 Å². The Labute approximate surface area is 202 Å². The van der Waals surface area contributed by atoms with Crippen LogP contribution in [-0.4, -0.2) is 58.5 Å². The minimum Gasteiger partial charge on any atom is -0.395 e. The number of aliphatic hydroxyl groups is 1. The van der Waals surface area contributed by atoms with Crippen LogP contribution in [0.5, 0.6) is 0 Å². The molecular weight excluding hydrogens is 426 g/mol. The standard InChI is InChI=1S/C28H37N3O3/c1-28(2,19-32)27(34)30(18-20-7-4-3-5-8-20)13-14-31-24-11-12-25(31)17-23(16-24)21-9-6-10-22(15-21)26(29)33/h3-10,15,23-25,32H,11-14,16-19H2,1-2H3,(H2,29,33)/t23-,24+,25-. The van der Waals surface area contributed by atoms with Gasteiger partial charge in [0.25, 0.3) is 0 Å². The molecule has 2 saturated heterocycles. The molecule has 2 aliphatic heterocycles. The Balaban J connectivity index is 1.44. The van der Waals surface area contributed by atoms with E-state index in [0.717, 1.165) is 24.9 Å². The Morgan fingerprint density at radius 2 is 1.74 bits per heavy atom. The molecule has 2 heterocycles. The number of piperidine rings is 1. The number of nitrogens with zero attached hydrogens (tertiary/aromatic N) is 2. The number of primary amides is 1. The van der Waals surface area contributed by atoms with Crippen molar-refractivity contribution in [2.45, 2.75) is 64.1 Å². The molecule has 0 aromatic heterocycles. The molecule has 2 aromatic rings. The van der Waals surface area contributed by atoms with Gasteiger partial charge < -0.3 is 15.7 Å². The maximum Gasteiger partial charge on any atom is 0.248 e. The quantitative estimate of drug-likeness (QED) is 0.596. The first-order valence-corrected chi connectivity index (χ1v) is 12.4. The molecule has 0 radical (unpaired) electrons. The summed E-state index contributed by atoms with van der Waals surface area (Å²) < 4.78 is 0. The Kier molecular flexibility index (Phi) is 7.39. The summed E-state index contributed by atoms with van der Waals surface area (Å²) in [6.07, 6.45) is 4.47. The highest BCUT2D eigenvalue weighted by Gasteiger charge is 2.41. The third-order valence-electron chi connectivity index (χ3n) is 7.63. The highest BCUT2D eigenvalue weighted by atomic mass is 16.3. The molecule has 2 aromatic carbocycles. The smallest absolute Gasteiger partial charge is 0.248 e. The molecule has 0 saturated carbocycles. The van der Waals surface area contributed by atoms with E-state index >= 15 is 0 Å². The lowest BCUT2D eigenvalue weighted by molar-refractivity contribution is -0.143. The highest BCUT2D eigenvalue weighted by molar-refractivity contribution is 5.92. The first-order valence-electron chi connectivity index (χ1n) is 12.4. The predicted molar refractivity (Wildman–Crippen MR) is 133 cm³/mol. The second-order valence-corrected chi connectivity index (χ2v) is 10.5. The van der Waals surface area contributed by atoms with Crippen LogP contribution in [0.4, 0.5) is 0 Å². The van der Waals surface area contributed by atoms with E-state index in [0.29, 0.717) is 36.7 Å². The molecule has 3 atom stereocenters. The minimum atomic E-state index is -0.799. The van der Waals surface area contributed by atoms with Crippen molar-refractivity contribution in [3.63, 3.8) is 0 Å². The fourth-order valence-corrected chi connectivity index (χ4v) is 5.65. The van der Waals surface area contributed by atoms with Crippen LogP contribution in [0.15, 0.2) is 54.6 Å². The van der Waals surface area contributed by atoms with Crippen LogP contribution >= 0.6 is 0 Å². The number of carbonyl (C=O) groups is 2. The SMILES string of the molecule is CC(C)(CO)C(=O)N(CCN1[C@@H]2CC[C@H]1C[C@@H](c1cccc(C(N)=O)c1)C2)Cc1ccccc1. The first kappa shape index (κ1) is 24.4. The number of rotatable bonds is 9. The Morgan fingerprint density at radius 3 is 2.35 bits per heavy atom. The highest BCUT2D eigenvalue weighted by Crippen LogP contribution is 2.43. The zero-order chi connectivity index (χ0) is 24.3. The number of carbonyl (C=O) groups excluding carboxylic acids is 2. The number of fused-ring (bicyclic) bond motifs is 2. The van der Waals surface area contributed by atoms with Gasteiger partial charge in [-0.05, 0) is 68.7 Å². The first-order chi connectivity index (χ1) is 16.3. The average Bonchev–Trinajstić information content (AvgIpc) is 3.08. The van der Waals surface area contributed by atoms with Crippen molar-refractivity contribution in [3.8, 4) is 0 Å². The number of amides is 2. The molecule has 0 spiro atoms. The maximum atomic E-state index is 13.3. The lowest BCUT2D eigenvalue weighted by Crippen LogP contribution is -2.49. The van der Waals surface area contributed by atoms with Crippen LogP contribution < -0.4 is 5.73 Å². The lowest BCUT2D eigenvalue weighted by Gasteiger charge is -2.41. The summed E-state index contributed by atoms with van der Waals surface area (Å²) in [4.78, 5) is 29.4. The number of benzene rings is 2. The van der Waals surface area contributed by atoms with E-state index < -0.39 is 5.41 Å². The molecule has 6 heteroatoms. The van der Waals surface area contributed by atoms with Crippen molar-refractivity contribution >= 4 is 11.8 Å². The van der Waals surface area contributed by atoms with E-state index in [2.05, 4.69) is 11.0 Å². The van der Waals surface area contributed by atoms with Crippen molar-refractivity contribution in [2.75, 3.05) is 19.7 Å². The molecule has 3 N–H and O–H groups in total. The van der Waals surface area contributed by atoms with Gasteiger partial charge in [0.2, 0.25) is 11.8 Å². The molecule has 0 aliphatic carbocycles. The fourth-order valence-electron chi connectivity index (χ4n) is 5.65. The van der Waals surface area contributed by atoms with Crippen LogP contribution in [0.25, 0.3) is 0 Å². The van der Waals surface area contributed by atoms with Gasteiger partial charge in [0, 0.05) is 37.3 Å². The summed E-state index contributed by atoms with van der Waals surface area (Å²) in [5.74, 6) is 0.0454. The molecule has 182 valence electrons. The largest absolute Gasteiger partial charge is 0.395 e. The topological polar surface area (TPSA) is 86.9 Å². The van der Waals surface area contributed by atoms with E-state index in [1.165, 1.54) is 18.4 Å². The van der Waals surface area contributed by atoms with Gasteiger partial charge >= 0.3 is 0 Å². The molecule has 2 fully saturated rings. The summed E-state index contributed by atoms with van der Waals surface area (Å²) in [5, 5.41) is 9.79. The minimum absolute atomic E-state index is 0.00986. The summed E-state index contributed by atoms with van der Waals surface area (Å²) >= 11 is 0. The van der Waals surface area contributed by atoms with E-state index in [-0.39, 0.29) is 18.4 Å². The number of hydrogen-bond donors (Lipinski definition) is 2. The van der Waals surface area contributed by atoms with Gasteiger partial charge in [0.15, 0.2) is 0 Å². The van der Waals surface area contributed by atoms with Gasteiger partial charge in [-0.3, -0.25) is 14.5 Å². The number of nitrogens with two attached hydrogens (primary N) is 1. The third kappa shape index (κ3) is 5.34. The van der Waals surface area contributed by atoms with Gasteiger partial charge in [0.05, 0.1) is 12.0 Å². The molecule has 4 rings (SSSR count). The Hall–Kier alpha value is -2.70. The van der Waals surface area contributed by atoms with Crippen LogP contribution in [0.1, 0.15) is 66.9 Å². The monoisotopic (exact) mass is 463 g/mol. The molecule has 2 amide bonds. The second kappa shape index (κ2) is 10.3. The third-order valence-corrected chi connectivity index (χ3v) is 7.63. The van der Waals surface area contributed by atoms with Gasteiger partial charge in [-0.15, -0.1) is 0 Å². The lowest BCUT2D eigenvalue weighted by atomic mass is 9.84. The molecular formula is C28H37N3O3. The number of aliphatic hydroxyl groups excluding tert-OH is 1. The number of hydrogen-bond acceptors (Lipinski definition) is 4. The zero-order valence-corrected chi connectivity index (χ0v) is 20.3. The van der Waals surface area contributed by atoms with Crippen LogP contribution in [0.3, 0.4) is 0 Å². The van der Waals surface area contributed by atoms with Gasteiger partial charge in [0.1, 0.15) is 0 Å². The zero-order valence-electron chi connectivity index (χ0n) is 20.3. The summed E-state index contributed by atoms with van der Waals surface area (Å²) in [6.45, 7) is 5.48. The van der Waals surface area contributed by atoms with Crippen molar-refractivity contribution in [2.24, 2.45) is 11.1 Å². The van der Waals surface area contributed by atoms with E-state index in [4.69, 9.17) is 5.73 Å². The van der Waals surface area contributed by atoms with Gasteiger partial charge in [-0.2, -0.15) is 0 Å². The van der Waals surface area contributed by atoms with E-state index in [9.17, 15) is 14.7 Å². The molecule has 34 heavy (non-hydrogen) atoms. The Morgan fingerprint density at radius 1 is 1.06 bits per heavy atom. The molecule has 2 bridgehead atoms.